The number of carbonyl (C=O) groups is 1. The van der Waals surface area contributed by atoms with Crippen molar-refractivity contribution in [3.05, 3.63) is 78.5 Å². The van der Waals surface area contributed by atoms with Crippen LogP contribution in [-0.2, 0) is 16.9 Å². The van der Waals surface area contributed by atoms with Crippen molar-refractivity contribution in [1.29, 1.82) is 0 Å². The van der Waals surface area contributed by atoms with E-state index in [2.05, 4.69) is 90.4 Å². The maximum absolute atomic E-state index is 13.0. The van der Waals surface area contributed by atoms with Gasteiger partial charge in [-0.3, -0.25) is 0 Å². The lowest BCUT2D eigenvalue weighted by Gasteiger charge is -2.38. The van der Waals surface area contributed by atoms with E-state index in [1.807, 2.05) is 30.3 Å². The number of ether oxygens (including phenoxy) is 3. The number of rotatable bonds is 2. The Kier molecular flexibility index (Phi) is 5.87. The lowest BCUT2D eigenvalue weighted by Crippen LogP contribution is -2.34. The number of halogens is 4. The standard InChI is InChI=1S/C22H12I4O5/c1-29-20-15(24)7-13-19(17(20)26)30-18-12(6-14(23)10(8-27)16(18)25)22(13)11-5-3-2-4-9(11)21(28)31-22/h2-7,27H,8H2,1H3. The van der Waals surface area contributed by atoms with Crippen LogP contribution in [0.2, 0.25) is 0 Å². The van der Waals surface area contributed by atoms with Gasteiger partial charge in [-0.05, 0) is 109 Å². The van der Waals surface area contributed by atoms with Gasteiger partial charge in [0.05, 0.1) is 35.6 Å². The molecular weight excluding hydrogens is 852 g/mol. The molecule has 1 unspecified atom stereocenters. The zero-order valence-corrected chi connectivity index (χ0v) is 24.4. The van der Waals surface area contributed by atoms with Crippen molar-refractivity contribution in [2.24, 2.45) is 0 Å². The van der Waals surface area contributed by atoms with E-state index in [1.165, 1.54) is 0 Å². The highest BCUT2D eigenvalue weighted by Gasteiger charge is 2.55. The fourth-order valence-corrected chi connectivity index (χ4v) is 8.50. The SMILES string of the molecule is COc1c(I)cc2c(c1I)Oc1c(cc(I)c(CO)c1I)C21OC(=O)c2ccccc21. The van der Waals surface area contributed by atoms with Crippen LogP contribution in [-0.4, -0.2) is 18.2 Å². The molecule has 5 nitrogen and oxygen atoms in total. The zero-order chi connectivity index (χ0) is 22.1. The van der Waals surface area contributed by atoms with Crippen LogP contribution < -0.4 is 9.47 Å². The van der Waals surface area contributed by atoms with Crippen LogP contribution in [0.1, 0.15) is 32.6 Å². The molecule has 2 aliphatic heterocycles. The molecule has 0 saturated heterocycles. The van der Waals surface area contributed by atoms with Gasteiger partial charge in [0.2, 0.25) is 0 Å². The Morgan fingerprint density at radius 1 is 0.968 bits per heavy atom. The second-order valence-corrected chi connectivity index (χ2v) is 11.5. The molecule has 158 valence electrons. The van der Waals surface area contributed by atoms with Crippen molar-refractivity contribution in [3.8, 4) is 17.2 Å². The highest BCUT2D eigenvalue weighted by atomic mass is 127. The van der Waals surface area contributed by atoms with Crippen LogP contribution in [0, 0.1) is 14.3 Å². The molecule has 5 rings (SSSR count). The molecule has 2 aliphatic rings. The number of fused-ring (bicyclic) bond motifs is 6. The normalized spacial score (nSPS) is 18.2. The minimum absolute atomic E-state index is 0.115. The topological polar surface area (TPSA) is 65.0 Å². The van der Waals surface area contributed by atoms with E-state index < -0.39 is 5.60 Å². The first-order valence-electron chi connectivity index (χ1n) is 9.04. The molecule has 2 heterocycles. The summed E-state index contributed by atoms with van der Waals surface area (Å²) in [6.07, 6.45) is 0. The smallest absolute Gasteiger partial charge is 0.340 e. The van der Waals surface area contributed by atoms with Gasteiger partial charge in [0.1, 0.15) is 11.5 Å². The van der Waals surface area contributed by atoms with Gasteiger partial charge >= 0.3 is 5.97 Å². The van der Waals surface area contributed by atoms with Gasteiger partial charge in [0.15, 0.2) is 11.4 Å². The second kappa shape index (κ2) is 8.13. The first-order valence-corrected chi connectivity index (χ1v) is 13.4. The molecule has 0 radical (unpaired) electrons. The molecular formula is C22H12I4O5. The Hall–Kier alpha value is -0.390. The number of aliphatic hydroxyl groups is 1. The van der Waals surface area contributed by atoms with Crippen LogP contribution in [0.3, 0.4) is 0 Å². The lowest BCUT2D eigenvalue weighted by atomic mass is 9.77. The van der Waals surface area contributed by atoms with Gasteiger partial charge < -0.3 is 19.3 Å². The van der Waals surface area contributed by atoms with Crippen LogP contribution in [0.15, 0.2) is 36.4 Å². The van der Waals surface area contributed by atoms with Gasteiger partial charge in [0, 0.05) is 20.3 Å². The Morgan fingerprint density at radius 3 is 2.29 bits per heavy atom. The molecule has 0 aliphatic carbocycles. The van der Waals surface area contributed by atoms with E-state index in [0.29, 0.717) is 22.8 Å². The van der Waals surface area contributed by atoms with E-state index in [9.17, 15) is 9.90 Å². The van der Waals surface area contributed by atoms with Crippen molar-refractivity contribution in [3.63, 3.8) is 0 Å². The number of aliphatic hydroxyl groups excluding tert-OH is 1. The van der Waals surface area contributed by atoms with Crippen LogP contribution in [0.25, 0.3) is 0 Å². The Balaban J connectivity index is 1.96. The Labute approximate surface area is 232 Å². The molecule has 0 amide bonds. The summed E-state index contributed by atoms with van der Waals surface area (Å²) in [5.74, 6) is 1.52. The summed E-state index contributed by atoms with van der Waals surface area (Å²) in [6, 6.07) is 11.4. The van der Waals surface area contributed by atoms with Crippen LogP contribution in [0.5, 0.6) is 17.2 Å². The zero-order valence-electron chi connectivity index (χ0n) is 15.8. The third kappa shape index (κ3) is 3.08. The molecule has 0 bridgehead atoms. The third-order valence-electron chi connectivity index (χ3n) is 5.50. The quantitative estimate of drug-likeness (QED) is 0.247. The highest BCUT2D eigenvalue weighted by molar-refractivity contribution is 14.1. The largest absolute Gasteiger partial charge is 0.494 e. The maximum atomic E-state index is 13.0. The predicted octanol–water partition coefficient (Wildman–Crippen LogP) is 6.17. The Bertz CT molecular complexity index is 1220. The fraction of sp³-hybridized carbons (Fsp3) is 0.136. The number of esters is 1. The van der Waals surface area contributed by atoms with Gasteiger partial charge in [-0.2, -0.15) is 0 Å². The predicted molar refractivity (Wildman–Crippen MR) is 148 cm³/mol. The van der Waals surface area contributed by atoms with Crippen molar-refractivity contribution in [2.75, 3.05) is 7.11 Å². The molecule has 3 aromatic carbocycles. The van der Waals surface area contributed by atoms with E-state index >= 15 is 0 Å². The summed E-state index contributed by atoms with van der Waals surface area (Å²) in [5.41, 5.74) is 2.47. The molecule has 1 N–H and O–H groups in total. The van der Waals surface area contributed by atoms with Crippen molar-refractivity contribution in [2.45, 2.75) is 12.2 Å². The molecule has 9 heteroatoms. The number of carbonyl (C=O) groups excluding carboxylic acids is 1. The summed E-state index contributed by atoms with van der Waals surface area (Å²) in [6.45, 7) is -0.115. The maximum Gasteiger partial charge on any atom is 0.340 e. The molecule has 0 saturated carbocycles. The summed E-state index contributed by atoms with van der Waals surface area (Å²) in [7, 11) is 1.62. The monoisotopic (exact) mass is 864 g/mol. The fourth-order valence-electron chi connectivity index (χ4n) is 4.14. The van der Waals surface area contributed by atoms with Gasteiger partial charge in [-0.1, -0.05) is 18.2 Å². The van der Waals surface area contributed by atoms with Crippen LogP contribution in [0.4, 0.5) is 0 Å². The Morgan fingerprint density at radius 2 is 1.61 bits per heavy atom. The number of hydrogen-bond acceptors (Lipinski definition) is 5. The highest BCUT2D eigenvalue weighted by Crippen LogP contribution is 2.59. The molecule has 3 aromatic rings. The van der Waals surface area contributed by atoms with E-state index in [0.717, 1.165) is 36.5 Å². The molecule has 0 fully saturated rings. The first-order chi connectivity index (χ1) is 14.8. The lowest BCUT2D eigenvalue weighted by molar-refractivity contribution is 0.0222. The van der Waals surface area contributed by atoms with Crippen molar-refractivity contribution >= 4 is 96.3 Å². The van der Waals surface area contributed by atoms with E-state index in [-0.39, 0.29) is 12.6 Å². The average Bonchev–Trinajstić information content (AvgIpc) is 3.04. The van der Waals surface area contributed by atoms with E-state index in [4.69, 9.17) is 14.2 Å². The van der Waals surface area contributed by atoms with E-state index in [1.54, 1.807) is 13.2 Å². The van der Waals surface area contributed by atoms with Crippen molar-refractivity contribution < 1.29 is 24.1 Å². The van der Waals surface area contributed by atoms with Crippen molar-refractivity contribution in [1.82, 2.24) is 0 Å². The average molecular weight is 864 g/mol. The van der Waals surface area contributed by atoms with Gasteiger partial charge in [-0.15, -0.1) is 0 Å². The number of hydrogen-bond donors (Lipinski definition) is 1. The summed E-state index contributed by atoms with van der Waals surface area (Å²) >= 11 is 8.84. The minimum Gasteiger partial charge on any atom is -0.494 e. The first kappa shape index (κ1) is 22.4. The molecule has 1 spiro atoms. The molecule has 1 atom stereocenters. The second-order valence-electron chi connectivity index (χ2n) is 6.99. The number of benzene rings is 3. The molecule has 0 aromatic heterocycles. The summed E-state index contributed by atoms with van der Waals surface area (Å²) in [4.78, 5) is 13.0. The van der Waals surface area contributed by atoms with Gasteiger partial charge in [-0.25, -0.2) is 4.79 Å². The summed E-state index contributed by atoms with van der Waals surface area (Å²) < 4.78 is 21.7. The molecule has 31 heavy (non-hydrogen) atoms. The third-order valence-corrected chi connectivity index (χ3v) is 9.38. The van der Waals surface area contributed by atoms with Crippen LogP contribution >= 0.6 is 90.4 Å². The summed E-state index contributed by atoms with van der Waals surface area (Å²) in [5, 5.41) is 9.95. The minimum atomic E-state index is -1.14. The van der Waals surface area contributed by atoms with Gasteiger partial charge in [0.25, 0.3) is 0 Å². The number of methoxy groups -OCH3 is 1.